The summed E-state index contributed by atoms with van der Waals surface area (Å²) in [7, 11) is 0. The number of likely N-dealkylation sites (tertiary alicyclic amines) is 1. The summed E-state index contributed by atoms with van der Waals surface area (Å²) in [5.74, 6) is 3.08. The number of benzene rings is 2. The fourth-order valence-corrected chi connectivity index (χ4v) is 4.50. The number of piperidine rings is 1. The van der Waals surface area contributed by atoms with Crippen LogP contribution < -0.4 is 10.1 Å². The first-order valence-corrected chi connectivity index (χ1v) is 12.2. The minimum atomic E-state index is 0.0383. The fraction of sp³-hybridized carbons (Fsp3) is 0.444. The van der Waals surface area contributed by atoms with Crippen molar-refractivity contribution in [3.05, 3.63) is 66.2 Å². The molecule has 6 heteroatoms. The molecule has 33 heavy (non-hydrogen) atoms. The average molecular weight is 445 g/mol. The zero-order valence-corrected chi connectivity index (χ0v) is 19.1. The van der Waals surface area contributed by atoms with Crippen LogP contribution in [0, 0.1) is 5.92 Å². The maximum atomic E-state index is 12.5. The first-order valence-electron chi connectivity index (χ1n) is 12.2. The van der Waals surface area contributed by atoms with Gasteiger partial charge < -0.3 is 15.0 Å². The highest BCUT2D eigenvalue weighted by molar-refractivity contribution is 5.83. The lowest BCUT2D eigenvalue weighted by atomic mass is 9.94. The minimum Gasteiger partial charge on any atom is -0.494 e. The normalized spacial score (nSPS) is 16.7. The molecule has 1 saturated carbocycles. The van der Waals surface area contributed by atoms with E-state index in [9.17, 15) is 4.79 Å². The van der Waals surface area contributed by atoms with Gasteiger partial charge in [-0.25, -0.2) is 14.8 Å². The lowest BCUT2D eigenvalue weighted by Gasteiger charge is -2.32. The number of hydrogen-bond donors (Lipinski definition) is 1. The van der Waals surface area contributed by atoms with Crippen LogP contribution in [0.5, 0.6) is 5.75 Å². The lowest BCUT2D eigenvalue weighted by molar-refractivity contribution is 0.160. The monoisotopic (exact) mass is 444 g/mol. The van der Waals surface area contributed by atoms with E-state index in [0.29, 0.717) is 18.4 Å². The number of ether oxygens (including phenoxy) is 1. The Labute approximate surface area is 195 Å². The van der Waals surface area contributed by atoms with Gasteiger partial charge in [-0.2, -0.15) is 0 Å². The van der Waals surface area contributed by atoms with Gasteiger partial charge in [0.05, 0.1) is 6.61 Å². The van der Waals surface area contributed by atoms with Crippen molar-refractivity contribution in [2.75, 3.05) is 26.2 Å². The number of carbonyl (C=O) groups excluding carboxylic acids is 1. The van der Waals surface area contributed by atoms with Crippen LogP contribution in [-0.4, -0.2) is 47.1 Å². The van der Waals surface area contributed by atoms with Gasteiger partial charge in [0.2, 0.25) is 0 Å². The van der Waals surface area contributed by atoms with E-state index in [-0.39, 0.29) is 6.03 Å². The van der Waals surface area contributed by atoms with Crippen LogP contribution in [0.25, 0.3) is 10.8 Å². The third kappa shape index (κ3) is 5.81. The molecule has 0 spiro atoms. The van der Waals surface area contributed by atoms with E-state index in [0.717, 1.165) is 62.5 Å². The molecule has 5 rings (SSSR count). The van der Waals surface area contributed by atoms with Crippen LogP contribution in [0.2, 0.25) is 0 Å². The Balaban J connectivity index is 0.983. The molecule has 1 saturated heterocycles. The summed E-state index contributed by atoms with van der Waals surface area (Å²) in [6.07, 6.45) is 10.1. The molecule has 1 aliphatic carbocycles. The zero-order valence-electron chi connectivity index (χ0n) is 19.1. The molecule has 2 heterocycles. The molecule has 1 N–H and O–H groups in total. The third-order valence-electron chi connectivity index (χ3n) is 6.78. The smallest absolute Gasteiger partial charge is 0.317 e. The van der Waals surface area contributed by atoms with Gasteiger partial charge in [-0.3, -0.25) is 0 Å². The Bertz CT molecular complexity index is 1070. The third-order valence-corrected chi connectivity index (χ3v) is 6.78. The summed E-state index contributed by atoms with van der Waals surface area (Å²) in [5, 5.41) is 5.49. The van der Waals surface area contributed by atoms with Gasteiger partial charge in [0.25, 0.3) is 0 Å². The molecule has 172 valence electrons. The van der Waals surface area contributed by atoms with Crippen molar-refractivity contribution in [3.63, 3.8) is 0 Å². The first kappa shape index (κ1) is 21.7. The molecule has 0 atom stereocenters. The highest BCUT2D eigenvalue weighted by Crippen LogP contribution is 2.37. The van der Waals surface area contributed by atoms with E-state index in [1.807, 2.05) is 23.4 Å². The van der Waals surface area contributed by atoms with E-state index in [1.54, 1.807) is 0 Å². The number of fused-ring (bicyclic) bond motifs is 1. The molecular weight excluding hydrogens is 412 g/mol. The maximum Gasteiger partial charge on any atom is 0.317 e. The zero-order chi connectivity index (χ0) is 22.5. The van der Waals surface area contributed by atoms with Crippen LogP contribution in [0.1, 0.15) is 49.4 Å². The first-order chi connectivity index (χ1) is 16.2. The van der Waals surface area contributed by atoms with Crippen molar-refractivity contribution in [2.24, 2.45) is 5.92 Å². The van der Waals surface area contributed by atoms with Gasteiger partial charge in [-0.15, -0.1) is 0 Å². The van der Waals surface area contributed by atoms with Gasteiger partial charge >= 0.3 is 6.03 Å². The maximum absolute atomic E-state index is 12.5. The summed E-state index contributed by atoms with van der Waals surface area (Å²) >= 11 is 0. The predicted molar refractivity (Wildman–Crippen MR) is 129 cm³/mol. The van der Waals surface area contributed by atoms with Crippen LogP contribution in [0.15, 0.2) is 54.9 Å². The summed E-state index contributed by atoms with van der Waals surface area (Å²) in [4.78, 5) is 23.3. The molecule has 6 nitrogen and oxygen atoms in total. The molecule has 0 bridgehead atoms. The molecule has 2 fully saturated rings. The number of hydrogen-bond acceptors (Lipinski definition) is 4. The Morgan fingerprint density at radius 1 is 1.00 bits per heavy atom. The number of urea groups is 1. The number of nitrogens with one attached hydrogen (secondary N) is 1. The number of amides is 2. The van der Waals surface area contributed by atoms with Gasteiger partial charge in [-0.05, 0) is 72.9 Å². The average Bonchev–Trinajstić information content (AvgIpc) is 3.70. The topological polar surface area (TPSA) is 67.4 Å². The molecule has 0 radical (unpaired) electrons. The quantitative estimate of drug-likeness (QED) is 0.534. The van der Waals surface area contributed by atoms with Gasteiger partial charge in [0, 0.05) is 37.9 Å². The van der Waals surface area contributed by atoms with Gasteiger partial charge in [-0.1, -0.05) is 30.3 Å². The molecule has 1 aromatic heterocycles. The van der Waals surface area contributed by atoms with Crippen molar-refractivity contribution in [3.8, 4) is 5.75 Å². The predicted octanol–water partition coefficient (Wildman–Crippen LogP) is 4.94. The second-order valence-corrected chi connectivity index (χ2v) is 9.28. The van der Waals surface area contributed by atoms with Gasteiger partial charge in [0.15, 0.2) is 0 Å². The van der Waals surface area contributed by atoms with E-state index < -0.39 is 0 Å². The van der Waals surface area contributed by atoms with Crippen molar-refractivity contribution in [1.82, 2.24) is 20.2 Å². The molecule has 0 unspecified atom stereocenters. The second-order valence-electron chi connectivity index (χ2n) is 9.28. The Morgan fingerprint density at radius 3 is 2.52 bits per heavy atom. The van der Waals surface area contributed by atoms with E-state index in [2.05, 4.69) is 51.7 Å². The summed E-state index contributed by atoms with van der Waals surface area (Å²) < 4.78 is 6.01. The Hall–Kier alpha value is -3.15. The van der Waals surface area contributed by atoms with E-state index in [1.165, 1.54) is 23.6 Å². The molecule has 3 aromatic rings. The molecular formula is C27H32N4O2. The lowest BCUT2D eigenvalue weighted by Crippen LogP contribution is -2.45. The standard InChI is InChI=1S/C27H32N4O2/c32-27(28-13-9-21-18-29-26(30-19-21)23-5-6-23)31-14-10-20(11-15-31)12-16-33-25-8-7-22-3-1-2-4-24(22)17-25/h1-4,7-8,17-20,23H,5-6,9-16H2,(H,28,32). The molecule has 2 aromatic carbocycles. The van der Waals surface area contributed by atoms with E-state index in [4.69, 9.17) is 4.74 Å². The second kappa shape index (κ2) is 10.2. The highest BCUT2D eigenvalue weighted by Gasteiger charge is 2.26. The molecule has 2 amide bonds. The van der Waals surface area contributed by atoms with Crippen molar-refractivity contribution < 1.29 is 9.53 Å². The van der Waals surface area contributed by atoms with Crippen molar-refractivity contribution >= 4 is 16.8 Å². The Kier molecular flexibility index (Phi) is 6.70. The van der Waals surface area contributed by atoms with Crippen LogP contribution >= 0.6 is 0 Å². The van der Waals surface area contributed by atoms with Crippen LogP contribution in [0.4, 0.5) is 4.79 Å². The number of nitrogens with zero attached hydrogens (tertiary/aromatic N) is 3. The van der Waals surface area contributed by atoms with E-state index >= 15 is 0 Å². The minimum absolute atomic E-state index is 0.0383. The van der Waals surface area contributed by atoms with Crippen LogP contribution in [-0.2, 0) is 6.42 Å². The molecule has 1 aliphatic heterocycles. The number of rotatable bonds is 8. The van der Waals surface area contributed by atoms with Crippen molar-refractivity contribution in [1.29, 1.82) is 0 Å². The number of aromatic nitrogens is 2. The fourth-order valence-electron chi connectivity index (χ4n) is 4.50. The SMILES string of the molecule is O=C(NCCc1cnc(C2CC2)nc1)N1CCC(CCOc2ccc3ccccc3c2)CC1. The summed E-state index contributed by atoms with van der Waals surface area (Å²) in [5.41, 5.74) is 1.07. The molecule has 2 aliphatic rings. The van der Waals surface area contributed by atoms with Gasteiger partial charge in [0.1, 0.15) is 11.6 Å². The highest BCUT2D eigenvalue weighted by atomic mass is 16.5. The summed E-state index contributed by atoms with van der Waals surface area (Å²) in [6.45, 7) is 2.96. The number of carbonyl (C=O) groups is 1. The van der Waals surface area contributed by atoms with Crippen LogP contribution in [0.3, 0.4) is 0 Å². The largest absolute Gasteiger partial charge is 0.494 e. The summed E-state index contributed by atoms with van der Waals surface area (Å²) in [6, 6.07) is 14.6. The van der Waals surface area contributed by atoms with Crippen molar-refractivity contribution in [2.45, 2.75) is 44.4 Å². The Morgan fingerprint density at radius 2 is 1.76 bits per heavy atom.